The maximum Gasteiger partial charge on any atom is 0.250 e. The molecule has 10 nitrogen and oxygen atoms in total. The van der Waals surface area contributed by atoms with Gasteiger partial charge in [-0.05, 0) is 42.9 Å². The number of amides is 2. The van der Waals surface area contributed by atoms with Crippen LogP contribution >= 0.6 is 0 Å². The van der Waals surface area contributed by atoms with Crippen LogP contribution in [0.15, 0.2) is 41.2 Å². The second kappa shape index (κ2) is 9.02. The molecular formula is C26H31N5O5. The van der Waals surface area contributed by atoms with E-state index in [1.165, 1.54) is 0 Å². The van der Waals surface area contributed by atoms with Crippen LogP contribution < -0.4 is 21.0 Å². The van der Waals surface area contributed by atoms with E-state index in [4.69, 9.17) is 0 Å². The number of nitrogens with zero attached hydrogens (tertiary/aromatic N) is 3. The van der Waals surface area contributed by atoms with Crippen molar-refractivity contribution in [2.45, 2.75) is 44.2 Å². The Balaban J connectivity index is 1.31. The van der Waals surface area contributed by atoms with Gasteiger partial charge in [-0.1, -0.05) is 6.07 Å². The average Bonchev–Trinajstić information content (AvgIpc) is 3.28. The number of fused-ring (bicyclic) bond motifs is 8. The van der Waals surface area contributed by atoms with E-state index in [0.717, 1.165) is 36.3 Å². The Morgan fingerprint density at radius 3 is 2.83 bits per heavy atom. The molecule has 1 aromatic carbocycles. The topological polar surface area (TPSA) is 122 Å². The highest BCUT2D eigenvalue weighted by Gasteiger charge is 2.49. The summed E-state index contributed by atoms with van der Waals surface area (Å²) in [4.78, 5) is 42.3. The van der Waals surface area contributed by atoms with Gasteiger partial charge in [0.15, 0.2) is 5.69 Å². The lowest BCUT2D eigenvalue weighted by atomic mass is 9.70. The Labute approximate surface area is 208 Å². The number of pyridine rings is 1. The van der Waals surface area contributed by atoms with E-state index in [1.807, 2.05) is 22.8 Å². The van der Waals surface area contributed by atoms with Crippen molar-refractivity contribution in [2.75, 3.05) is 31.1 Å². The Morgan fingerprint density at radius 2 is 2.06 bits per heavy atom. The fraction of sp³-hybridized carbons (Fsp3) is 0.500. The van der Waals surface area contributed by atoms with Gasteiger partial charge >= 0.3 is 0 Å². The molecule has 2 fully saturated rings. The van der Waals surface area contributed by atoms with Gasteiger partial charge in [0.25, 0.3) is 5.56 Å². The zero-order valence-electron chi connectivity index (χ0n) is 20.1. The van der Waals surface area contributed by atoms with E-state index in [-0.39, 0.29) is 46.9 Å². The van der Waals surface area contributed by atoms with Crippen molar-refractivity contribution in [1.29, 1.82) is 0 Å². The second-order valence-corrected chi connectivity index (χ2v) is 10.5. The van der Waals surface area contributed by atoms with E-state index in [9.17, 15) is 24.8 Å². The summed E-state index contributed by atoms with van der Waals surface area (Å²) >= 11 is 0. The molecule has 5 unspecified atom stereocenters. The molecule has 0 spiro atoms. The summed E-state index contributed by atoms with van der Waals surface area (Å²) in [7, 11) is 0. The molecule has 0 saturated carbocycles. The summed E-state index contributed by atoms with van der Waals surface area (Å²) in [5, 5.41) is 23.3. The third-order valence-corrected chi connectivity index (χ3v) is 8.44. The number of rotatable bonds is 5. The number of nitrogens with one attached hydrogen (secondary N) is 2. The van der Waals surface area contributed by atoms with Gasteiger partial charge in [0.2, 0.25) is 11.8 Å². The van der Waals surface area contributed by atoms with Crippen LogP contribution in [-0.2, 0) is 22.6 Å². The Bertz CT molecular complexity index is 1260. The van der Waals surface area contributed by atoms with Gasteiger partial charge in [-0.15, -0.1) is 0 Å². The summed E-state index contributed by atoms with van der Waals surface area (Å²) in [5.74, 6) is -0.0216. The van der Waals surface area contributed by atoms with Gasteiger partial charge in [-0.3, -0.25) is 14.4 Å². The smallest absolute Gasteiger partial charge is 0.250 e. The van der Waals surface area contributed by atoms with Crippen molar-refractivity contribution in [3.8, 4) is 0 Å². The molecule has 190 valence electrons. The Morgan fingerprint density at radius 1 is 1.19 bits per heavy atom. The number of carbonyl (C=O) groups excluding carboxylic acids is 2. The summed E-state index contributed by atoms with van der Waals surface area (Å²) in [5.41, 5.74) is 3.09. The SMILES string of the molecule is O=C(NCCN1CCCC1=O)C1Cc2cc([NH+]([O-])O)ccc2N2CC3CC(Cn4c3cccc4=O)C12. The highest BCUT2D eigenvalue weighted by molar-refractivity contribution is 5.82. The fourth-order valence-electron chi connectivity index (χ4n) is 6.87. The zero-order chi connectivity index (χ0) is 25.0. The molecule has 0 aliphatic carbocycles. The highest BCUT2D eigenvalue weighted by atomic mass is 16.8. The summed E-state index contributed by atoms with van der Waals surface area (Å²) in [6.07, 6.45) is 2.79. The quantitative estimate of drug-likeness (QED) is 0.510. The predicted octanol–water partition coefficient (Wildman–Crippen LogP) is 0.155. The van der Waals surface area contributed by atoms with Gasteiger partial charge in [-0.2, -0.15) is 5.23 Å². The normalized spacial score (nSPS) is 27.2. The fourth-order valence-corrected chi connectivity index (χ4v) is 6.87. The number of piperidine rings is 1. The third kappa shape index (κ3) is 3.89. The van der Waals surface area contributed by atoms with Gasteiger partial charge in [0, 0.05) is 80.7 Å². The molecule has 5 atom stereocenters. The minimum Gasteiger partial charge on any atom is -0.595 e. The van der Waals surface area contributed by atoms with E-state index in [1.54, 1.807) is 23.1 Å². The van der Waals surface area contributed by atoms with Crippen LogP contribution in [0.5, 0.6) is 0 Å². The lowest BCUT2D eigenvalue weighted by molar-refractivity contribution is -0.991. The molecule has 2 saturated heterocycles. The highest BCUT2D eigenvalue weighted by Crippen LogP contribution is 2.47. The first kappa shape index (κ1) is 23.2. The molecule has 1 aromatic heterocycles. The molecule has 5 heterocycles. The third-order valence-electron chi connectivity index (χ3n) is 8.44. The van der Waals surface area contributed by atoms with Crippen molar-refractivity contribution in [2.24, 2.45) is 11.8 Å². The summed E-state index contributed by atoms with van der Waals surface area (Å²) in [6, 6.07) is 10.5. The van der Waals surface area contributed by atoms with E-state index in [0.29, 0.717) is 39.0 Å². The van der Waals surface area contributed by atoms with Crippen LogP contribution in [0.3, 0.4) is 0 Å². The van der Waals surface area contributed by atoms with Crippen molar-refractivity contribution in [1.82, 2.24) is 14.8 Å². The minimum absolute atomic E-state index is 0.00533. The van der Waals surface area contributed by atoms with Crippen molar-refractivity contribution in [3.05, 3.63) is 63.2 Å². The molecule has 2 aromatic rings. The van der Waals surface area contributed by atoms with Crippen LogP contribution in [0, 0.1) is 17.0 Å². The van der Waals surface area contributed by atoms with Gasteiger partial charge in [-0.25, -0.2) is 5.21 Å². The first-order chi connectivity index (χ1) is 17.4. The number of likely N-dealkylation sites (tertiary alicyclic amines) is 1. The van der Waals surface area contributed by atoms with Gasteiger partial charge < -0.3 is 24.9 Å². The Hall–Kier alpha value is -3.21. The first-order valence-corrected chi connectivity index (χ1v) is 12.8. The molecule has 6 rings (SSSR count). The van der Waals surface area contributed by atoms with Crippen LogP contribution in [0.4, 0.5) is 11.4 Å². The van der Waals surface area contributed by atoms with Gasteiger partial charge in [0.1, 0.15) is 0 Å². The number of hydrogen-bond donors (Lipinski definition) is 3. The number of benzene rings is 1. The Kier molecular flexibility index (Phi) is 5.82. The van der Waals surface area contributed by atoms with Crippen molar-refractivity contribution < 1.29 is 20.0 Å². The molecule has 4 aliphatic heterocycles. The molecule has 2 bridgehead atoms. The molecule has 0 radical (unpaired) electrons. The van der Waals surface area contributed by atoms with Crippen LogP contribution in [0.2, 0.25) is 0 Å². The van der Waals surface area contributed by atoms with Gasteiger partial charge in [0.05, 0.1) is 5.92 Å². The van der Waals surface area contributed by atoms with E-state index >= 15 is 0 Å². The molecule has 3 N–H and O–H groups in total. The van der Waals surface area contributed by atoms with Crippen LogP contribution in [-0.4, -0.2) is 58.7 Å². The maximum absolute atomic E-state index is 13.6. The molecular weight excluding hydrogens is 462 g/mol. The van der Waals surface area contributed by atoms with Crippen molar-refractivity contribution in [3.63, 3.8) is 0 Å². The molecule has 10 heteroatoms. The lowest BCUT2D eigenvalue weighted by Gasteiger charge is -2.54. The van der Waals surface area contributed by atoms with Crippen molar-refractivity contribution >= 4 is 23.2 Å². The molecule has 4 aliphatic rings. The predicted molar refractivity (Wildman–Crippen MR) is 131 cm³/mol. The first-order valence-electron chi connectivity index (χ1n) is 12.8. The minimum atomic E-state index is -0.986. The summed E-state index contributed by atoms with van der Waals surface area (Å²) < 4.78 is 1.87. The van der Waals surface area contributed by atoms with Crippen LogP contribution in [0.25, 0.3) is 0 Å². The number of carbonyl (C=O) groups is 2. The number of hydrogen-bond acceptors (Lipinski definition) is 6. The lowest BCUT2D eigenvalue weighted by Crippen LogP contribution is -2.99. The molecule has 2 amide bonds. The van der Waals surface area contributed by atoms with Crippen LogP contribution in [0.1, 0.15) is 36.4 Å². The largest absolute Gasteiger partial charge is 0.595 e. The number of anilines is 1. The number of aromatic nitrogens is 1. The molecule has 36 heavy (non-hydrogen) atoms. The van der Waals surface area contributed by atoms with E-state index in [2.05, 4.69) is 10.2 Å². The average molecular weight is 494 g/mol. The summed E-state index contributed by atoms with van der Waals surface area (Å²) in [6.45, 7) is 2.87. The van der Waals surface area contributed by atoms with E-state index < -0.39 is 5.23 Å². The second-order valence-electron chi connectivity index (χ2n) is 10.5. The number of quaternary nitrogens is 1. The monoisotopic (exact) mass is 493 g/mol. The standard InChI is InChI=1S/C26H31N5O5/c32-23-5-2-9-28(23)10-8-27-26(34)20-13-16-12-19(31(35)36)6-7-22(16)30-14-17-11-18(25(20)30)15-29-21(17)3-1-4-24(29)33/h1,3-4,6-7,12,17-18,20,25,31,35H,2,5,8-11,13-15H2,(H,27,34). The zero-order valence-corrected chi connectivity index (χ0v) is 20.1. The maximum atomic E-state index is 13.6.